The molecule has 0 aromatic heterocycles. The zero-order valence-corrected chi connectivity index (χ0v) is 25.8. The Hall–Kier alpha value is -3.35. The monoisotopic (exact) mass is 551 g/mol. The van der Waals surface area contributed by atoms with Crippen molar-refractivity contribution < 1.29 is 19.1 Å². The molecule has 0 spiro atoms. The highest BCUT2D eigenvalue weighted by atomic mass is 16.6. The summed E-state index contributed by atoms with van der Waals surface area (Å²) in [5.74, 6) is -0.556. The summed E-state index contributed by atoms with van der Waals surface area (Å²) in [6, 6.07) is 13.3. The molecule has 7 nitrogen and oxygen atoms in total. The molecule has 0 bridgehead atoms. The third-order valence-electron chi connectivity index (χ3n) is 7.08. The number of ether oxygens (including phenoxy) is 1. The first-order valence-electron chi connectivity index (χ1n) is 14.5. The lowest BCUT2D eigenvalue weighted by molar-refractivity contribution is -0.145. The molecular weight excluding hydrogens is 502 g/mol. The highest BCUT2D eigenvalue weighted by Crippen LogP contribution is 2.28. The summed E-state index contributed by atoms with van der Waals surface area (Å²) in [6.07, 6.45) is 1.99. The zero-order chi connectivity index (χ0) is 30.0. The van der Waals surface area contributed by atoms with Crippen molar-refractivity contribution in [3.05, 3.63) is 70.8 Å². The summed E-state index contributed by atoms with van der Waals surface area (Å²) in [5.41, 5.74) is 3.06. The maximum atomic E-state index is 14.5. The van der Waals surface area contributed by atoms with E-state index < -0.39 is 23.8 Å². The van der Waals surface area contributed by atoms with Crippen molar-refractivity contribution in [1.29, 1.82) is 0 Å². The number of nitrogens with one attached hydrogen (secondary N) is 2. The molecule has 0 aliphatic heterocycles. The van der Waals surface area contributed by atoms with Crippen molar-refractivity contribution >= 4 is 17.9 Å². The average Bonchev–Trinajstić information content (AvgIpc) is 2.87. The zero-order valence-electron chi connectivity index (χ0n) is 25.8. The van der Waals surface area contributed by atoms with Gasteiger partial charge < -0.3 is 20.3 Å². The standard InChI is InChI=1S/C33H49N3O4/c1-10-15-24(5)34-30(37)29(27-19-18-22(3)23(4)20-27)36(25(6)11-2)31(38)28(21-26-16-13-12-14-17-26)35-32(39)40-33(7,8)9/h12-14,16-20,24-25,28-29H,10-11,15,21H2,1-9H3,(H,34,37)(H,35,39). The summed E-state index contributed by atoms with van der Waals surface area (Å²) in [7, 11) is 0. The molecule has 0 heterocycles. The van der Waals surface area contributed by atoms with Crippen LogP contribution in [0.5, 0.6) is 0 Å². The van der Waals surface area contributed by atoms with E-state index in [1.807, 2.05) is 83.1 Å². The number of alkyl carbamates (subject to hydrolysis) is 1. The summed E-state index contributed by atoms with van der Waals surface area (Å²) in [4.78, 5) is 43.0. The molecule has 0 aliphatic carbocycles. The van der Waals surface area contributed by atoms with Crippen molar-refractivity contribution in [2.75, 3.05) is 0 Å². The molecule has 220 valence electrons. The second-order valence-electron chi connectivity index (χ2n) is 11.8. The molecule has 0 radical (unpaired) electrons. The minimum atomic E-state index is -0.929. The van der Waals surface area contributed by atoms with Crippen LogP contribution in [0.2, 0.25) is 0 Å². The number of hydrogen-bond acceptors (Lipinski definition) is 4. The molecule has 0 aliphatic rings. The van der Waals surface area contributed by atoms with Crippen LogP contribution in [0.15, 0.2) is 48.5 Å². The van der Waals surface area contributed by atoms with Crippen LogP contribution in [-0.2, 0) is 20.7 Å². The van der Waals surface area contributed by atoms with Crippen LogP contribution in [0, 0.1) is 13.8 Å². The quantitative estimate of drug-likeness (QED) is 0.319. The first kappa shape index (κ1) is 32.9. The summed E-state index contributed by atoms with van der Waals surface area (Å²) in [6.45, 7) is 17.4. The number of aryl methyl sites for hydroxylation is 2. The molecule has 0 saturated heterocycles. The van der Waals surface area contributed by atoms with Crippen LogP contribution >= 0.6 is 0 Å². The summed E-state index contributed by atoms with van der Waals surface area (Å²) >= 11 is 0. The molecule has 4 unspecified atom stereocenters. The topological polar surface area (TPSA) is 87.7 Å². The third-order valence-corrected chi connectivity index (χ3v) is 7.08. The lowest BCUT2D eigenvalue weighted by Crippen LogP contribution is -2.56. The van der Waals surface area contributed by atoms with Gasteiger partial charge in [0, 0.05) is 18.5 Å². The highest BCUT2D eigenvalue weighted by Gasteiger charge is 2.39. The van der Waals surface area contributed by atoms with Gasteiger partial charge in [-0.2, -0.15) is 0 Å². The lowest BCUT2D eigenvalue weighted by Gasteiger charge is -2.39. The largest absolute Gasteiger partial charge is 0.444 e. The Balaban J connectivity index is 2.61. The Bertz CT molecular complexity index is 1130. The number of nitrogens with zero attached hydrogens (tertiary/aromatic N) is 1. The van der Waals surface area contributed by atoms with Gasteiger partial charge in [-0.25, -0.2) is 4.79 Å². The number of amides is 3. The third kappa shape index (κ3) is 9.68. The van der Waals surface area contributed by atoms with Gasteiger partial charge in [0.15, 0.2) is 0 Å². The molecular formula is C33H49N3O4. The fraction of sp³-hybridized carbons (Fsp3) is 0.545. The number of benzene rings is 2. The highest BCUT2D eigenvalue weighted by molar-refractivity contribution is 5.92. The minimum Gasteiger partial charge on any atom is -0.444 e. The van der Waals surface area contributed by atoms with E-state index in [0.717, 1.165) is 35.1 Å². The molecule has 0 fully saturated rings. The number of carbonyl (C=O) groups is 3. The molecule has 3 amide bonds. The van der Waals surface area contributed by atoms with Crippen molar-refractivity contribution in [2.45, 2.75) is 118 Å². The maximum absolute atomic E-state index is 14.5. The smallest absolute Gasteiger partial charge is 0.408 e. The molecule has 7 heteroatoms. The maximum Gasteiger partial charge on any atom is 0.408 e. The predicted molar refractivity (Wildman–Crippen MR) is 161 cm³/mol. The molecule has 4 atom stereocenters. The van der Waals surface area contributed by atoms with Gasteiger partial charge in [-0.3, -0.25) is 9.59 Å². The fourth-order valence-electron chi connectivity index (χ4n) is 4.68. The van der Waals surface area contributed by atoms with E-state index in [1.54, 1.807) is 25.7 Å². The molecule has 40 heavy (non-hydrogen) atoms. The second kappa shape index (κ2) is 14.9. The molecule has 2 aromatic rings. The first-order valence-corrected chi connectivity index (χ1v) is 14.5. The van der Waals surface area contributed by atoms with E-state index >= 15 is 0 Å². The van der Waals surface area contributed by atoms with Crippen LogP contribution in [0.3, 0.4) is 0 Å². The normalized spacial score (nSPS) is 14.4. The van der Waals surface area contributed by atoms with Gasteiger partial charge in [0.2, 0.25) is 11.8 Å². The lowest BCUT2D eigenvalue weighted by atomic mass is 9.95. The van der Waals surface area contributed by atoms with Gasteiger partial charge in [-0.1, -0.05) is 68.8 Å². The Labute approximate surface area is 241 Å². The van der Waals surface area contributed by atoms with Crippen LogP contribution in [0.4, 0.5) is 4.79 Å². The van der Waals surface area contributed by atoms with Gasteiger partial charge in [0.05, 0.1) is 0 Å². The van der Waals surface area contributed by atoms with Crippen LogP contribution < -0.4 is 10.6 Å². The predicted octanol–water partition coefficient (Wildman–Crippen LogP) is 6.41. The van der Waals surface area contributed by atoms with E-state index in [9.17, 15) is 14.4 Å². The van der Waals surface area contributed by atoms with E-state index in [-0.39, 0.29) is 30.3 Å². The Morgan fingerprint density at radius 2 is 1.57 bits per heavy atom. The minimum absolute atomic E-state index is 0.0413. The van der Waals surface area contributed by atoms with Crippen LogP contribution in [0.1, 0.15) is 96.0 Å². The number of hydrogen-bond donors (Lipinski definition) is 2. The molecule has 2 N–H and O–H groups in total. The number of carbonyl (C=O) groups excluding carboxylic acids is 3. The van der Waals surface area contributed by atoms with Crippen LogP contribution in [0.25, 0.3) is 0 Å². The van der Waals surface area contributed by atoms with Gasteiger partial charge in [0.1, 0.15) is 17.7 Å². The van der Waals surface area contributed by atoms with E-state index in [4.69, 9.17) is 4.74 Å². The molecule has 2 aromatic carbocycles. The summed E-state index contributed by atoms with van der Waals surface area (Å²) < 4.78 is 5.52. The number of rotatable bonds is 12. The molecule has 2 rings (SSSR count). The summed E-state index contributed by atoms with van der Waals surface area (Å²) in [5, 5.41) is 5.97. The van der Waals surface area contributed by atoms with Gasteiger partial charge >= 0.3 is 6.09 Å². The van der Waals surface area contributed by atoms with Crippen molar-refractivity contribution in [3.63, 3.8) is 0 Å². The Morgan fingerprint density at radius 1 is 0.925 bits per heavy atom. The van der Waals surface area contributed by atoms with Gasteiger partial charge in [-0.15, -0.1) is 0 Å². The average molecular weight is 552 g/mol. The van der Waals surface area contributed by atoms with E-state index in [2.05, 4.69) is 17.6 Å². The fourth-order valence-corrected chi connectivity index (χ4v) is 4.68. The second-order valence-corrected chi connectivity index (χ2v) is 11.8. The van der Waals surface area contributed by atoms with Crippen LogP contribution in [-0.4, -0.2) is 46.5 Å². The van der Waals surface area contributed by atoms with Crippen molar-refractivity contribution in [2.24, 2.45) is 0 Å². The van der Waals surface area contributed by atoms with E-state index in [1.165, 1.54) is 0 Å². The molecule has 0 saturated carbocycles. The van der Waals surface area contributed by atoms with Crippen molar-refractivity contribution in [3.8, 4) is 0 Å². The van der Waals surface area contributed by atoms with Gasteiger partial charge in [0.25, 0.3) is 0 Å². The SMILES string of the molecule is CCCC(C)NC(=O)C(c1ccc(C)c(C)c1)N(C(=O)C(Cc1ccccc1)NC(=O)OC(C)(C)C)C(C)CC. The van der Waals surface area contributed by atoms with Gasteiger partial charge in [-0.05, 0) is 83.6 Å². The Kier molecular flexibility index (Phi) is 12.2. The first-order chi connectivity index (χ1) is 18.8. The Morgan fingerprint density at radius 3 is 2.12 bits per heavy atom. The van der Waals surface area contributed by atoms with Crippen molar-refractivity contribution in [1.82, 2.24) is 15.5 Å². The van der Waals surface area contributed by atoms with E-state index in [0.29, 0.717) is 6.42 Å².